The first-order valence-corrected chi connectivity index (χ1v) is 5.50. The van der Waals surface area contributed by atoms with Gasteiger partial charge in [-0.25, -0.2) is 0 Å². The lowest BCUT2D eigenvalue weighted by molar-refractivity contribution is -0.119. The molecule has 1 aliphatic carbocycles. The molecule has 1 aromatic rings. The van der Waals surface area contributed by atoms with Gasteiger partial charge in [-0.05, 0) is 30.9 Å². The summed E-state index contributed by atoms with van der Waals surface area (Å²) in [6, 6.07) is 8.35. The van der Waals surface area contributed by atoms with Crippen molar-refractivity contribution < 1.29 is 9.47 Å². The smallest absolute Gasteiger partial charge is 0.0842 e. The van der Waals surface area contributed by atoms with Crippen LogP contribution >= 0.6 is 0 Å². The predicted molar refractivity (Wildman–Crippen MR) is 59.8 cm³/mol. The zero-order valence-corrected chi connectivity index (χ0v) is 9.40. The topological polar surface area (TPSA) is 18.5 Å². The summed E-state index contributed by atoms with van der Waals surface area (Å²) in [6.07, 6.45) is 2.88. The first kappa shape index (κ1) is 10.7. The van der Waals surface area contributed by atoms with E-state index in [-0.39, 0.29) is 0 Å². The van der Waals surface area contributed by atoms with E-state index >= 15 is 0 Å². The molecule has 15 heavy (non-hydrogen) atoms. The molecule has 0 aromatic heterocycles. The van der Waals surface area contributed by atoms with Gasteiger partial charge in [0.25, 0.3) is 0 Å². The van der Waals surface area contributed by atoms with Gasteiger partial charge in [0.05, 0.1) is 18.8 Å². The minimum absolute atomic E-state index is 0.301. The van der Waals surface area contributed by atoms with Crippen molar-refractivity contribution in [2.75, 3.05) is 7.11 Å². The molecule has 1 fully saturated rings. The van der Waals surface area contributed by atoms with E-state index in [0.717, 1.165) is 12.8 Å². The molecule has 1 aliphatic rings. The standard InChI is InChI=1S/C13H18O2/c1-10-5-3-4-6-11(10)9-15-13-8-7-12(13)14-2/h3-6,12-13H,7-9H2,1-2H3/t12-,13+/m0/s1. The second kappa shape index (κ2) is 4.77. The Morgan fingerprint density at radius 3 is 2.53 bits per heavy atom. The second-order valence-corrected chi connectivity index (χ2v) is 4.13. The van der Waals surface area contributed by atoms with E-state index in [4.69, 9.17) is 9.47 Å². The van der Waals surface area contributed by atoms with Crippen LogP contribution in [-0.4, -0.2) is 19.3 Å². The Morgan fingerprint density at radius 2 is 1.93 bits per heavy atom. The average molecular weight is 206 g/mol. The summed E-state index contributed by atoms with van der Waals surface area (Å²) < 4.78 is 11.1. The molecule has 0 spiro atoms. The number of hydrogen-bond acceptors (Lipinski definition) is 2. The maximum absolute atomic E-state index is 5.82. The fourth-order valence-electron chi connectivity index (χ4n) is 1.87. The monoisotopic (exact) mass is 206 g/mol. The summed E-state index contributed by atoms with van der Waals surface area (Å²) in [5.41, 5.74) is 2.57. The van der Waals surface area contributed by atoms with Crippen LogP contribution in [0, 0.1) is 6.92 Å². The normalized spacial score (nSPS) is 24.9. The molecule has 2 nitrogen and oxygen atoms in total. The van der Waals surface area contributed by atoms with Gasteiger partial charge in [0.15, 0.2) is 0 Å². The Bertz CT molecular complexity index is 320. The molecule has 0 N–H and O–H groups in total. The highest BCUT2D eigenvalue weighted by molar-refractivity contribution is 5.24. The van der Waals surface area contributed by atoms with Crippen LogP contribution in [0.3, 0.4) is 0 Å². The number of ether oxygens (including phenoxy) is 2. The third-order valence-electron chi connectivity index (χ3n) is 3.17. The van der Waals surface area contributed by atoms with E-state index in [1.54, 1.807) is 7.11 Å². The Balaban J connectivity index is 1.86. The van der Waals surface area contributed by atoms with Gasteiger partial charge in [-0.2, -0.15) is 0 Å². The fourth-order valence-corrected chi connectivity index (χ4v) is 1.87. The van der Waals surface area contributed by atoms with E-state index in [0.29, 0.717) is 18.8 Å². The van der Waals surface area contributed by atoms with Crippen molar-refractivity contribution in [2.24, 2.45) is 0 Å². The lowest BCUT2D eigenvalue weighted by Gasteiger charge is -2.35. The van der Waals surface area contributed by atoms with Crippen LogP contribution in [0.5, 0.6) is 0 Å². The number of rotatable bonds is 4. The second-order valence-electron chi connectivity index (χ2n) is 4.13. The summed E-state index contributed by atoms with van der Waals surface area (Å²) >= 11 is 0. The third-order valence-corrected chi connectivity index (χ3v) is 3.17. The quantitative estimate of drug-likeness (QED) is 0.754. The van der Waals surface area contributed by atoms with E-state index < -0.39 is 0 Å². The van der Waals surface area contributed by atoms with Gasteiger partial charge in [0.1, 0.15) is 0 Å². The Morgan fingerprint density at radius 1 is 1.20 bits per heavy atom. The first-order chi connectivity index (χ1) is 7.31. The third kappa shape index (κ3) is 2.39. The number of hydrogen-bond donors (Lipinski definition) is 0. The van der Waals surface area contributed by atoms with Gasteiger partial charge >= 0.3 is 0 Å². The summed E-state index contributed by atoms with van der Waals surface area (Å²) in [5, 5.41) is 0. The zero-order chi connectivity index (χ0) is 10.7. The molecule has 0 bridgehead atoms. The van der Waals surface area contributed by atoms with Crippen LogP contribution in [-0.2, 0) is 16.1 Å². The van der Waals surface area contributed by atoms with Gasteiger partial charge in [-0.15, -0.1) is 0 Å². The van der Waals surface area contributed by atoms with Gasteiger partial charge in [0.2, 0.25) is 0 Å². The molecule has 0 saturated heterocycles. The van der Waals surface area contributed by atoms with Gasteiger partial charge < -0.3 is 9.47 Å². The summed E-state index contributed by atoms with van der Waals surface area (Å²) in [4.78, 5) is 0. The molecule has 82 valence electrons. The Hall–Kier alpha value is -0.860. The molecule has 0 heterocycles. The summed E-state index contributed by atoms with van der Waals surface area (Å²) in [6.45, 7) is 2.82. The maximum Gasteiger partial charge on any atom is 0.0842 e. The van der Waals surface area contributed by atoms with Crippen molar-refractivity contribution in [1.29, 1.82) is 0 Å². The molecule has 0 amide bonds. The van der Waals surface area contributed by atoms with Crippen LogP contribution in [0.4, 0.5) is 0 Å². The van der Waals surface area contributed by atoms with E-state index in [1.165, 1.54) is 11.1 Å². The molecule has 2 heteroatoms. The minimum Gasteiger partial charge on any atom is -0.379 e. The van der Waals surface area contributed by atoms with E-state index in [9.17, 15) is 0 Å². The highest BCUT2D eigenvalue weighted by atomic mass is 16.5. The number of aryl methyl sites for hydroxylation is 1. The average Bonchev–Trinajstić information content (AvgIpc) is 2.20. The largest absolute Gasteiger partial charge is 0.379 e. The molecule has 1 aromatic carbocycles. The molecule has 2 atom stereocenters. The lowest BCUT2D eigenvalue weighted by Crippen LogP contribution is -2.40. The van der Waals surface area contributed by atoms with Crippen LogP contribution < -0.4 is 0 Å². The number of benzene rings is 1. The number of methoxy groups -OCH3 is 1. The molecule has 0 unspecified atom stereocenters. The van der Waals surface area contributed by atoms with Gasteiger partial charge in [-0.3, -0.25) is 0 Å². The molecule has 0 radical (unpaired) electrons. The van der Waals surface area contributed by atoms with Gasteiger partial charge in [-0.1, -0.05) is 24.3 Å². The van der Waals surface area contributed by atoms with Crippen molar-refractivity contribution in [3.8, 4) is 0 Å². The maximum atomic E-state index is 5.82. The van der Waals surface area contributed by atoms with Gasteiger partial charge in [0, 0.05) is 7.11 Å². The SMILES string of the molecule is CO[C@H]1CC[C@H]1OCc1ccccc1C. The highest BCUT2D eigenvalue weighted by Gasteiger charge is 2.31. The predicted octanol–water partition coefficient (Wildman–Crippen LogP) is 2.69. The van der Waals surface area contributed by atoms with Crippen LogP contribution in [0.25, 0.3) is 0 Å². The molecular formula is C13H18O2. The van der Waals surface area contributed by atoms with Crippen molar-refractivity contribution >= 4 is 0 Å². The minimum atomic E-state index is 0.301. The molecule has 1 saturated carbocycles. The lowest BCUT2D eigenvalue weighted by atomic mass is 9.92. The van der Waals surface area contributed by atoms with Crippen LogP contribution in [0.2, 0.25) is 0 Å². The van der Waals surface area contributed by atoms with E-state index in [2.05, 4.69) is 31.2 Å². The fraction of sp³-hybridized carbons (Fsp3) is 0.538. The highest BCUT2D eigenvalue weighted by Crippen LogP contribution is 2.27. The van der Waals surface area contributed by atoms with E-state index in [1.807, 2.05) is 0 Å². The van der Waals surface area contributed by atoms with Crippen molar-refractivity contribution in [1.82, 2.24) is 0 Å². The molecule has 2 rings (SSSR count). The molecule has 0 aliphatic heterocycles. The summed E-state index contributed by atoms with van der Waals surface area (Å²) in [5.74, 6) is 0. The zero-order valence-electron chi connectivity index (χ0n) is 9.40. The van der Waals surface area contributed by atoms with Crippen molar-refractivity contribution in [3.63, 3.8) is 0 Å². The Kier molecular flexibility index (Phi) is 3.39. The van der Waals surface area contributed by atoms with Crippen LogP contribution in [0.15, 0.2) is 24.3 Å². The summed E-state index contributed by atoms with van der Waals surface area (Å²) in [7, 11) is 1.76. The molecular weight excluding hydrogens is 188 g/mol. The van der Waals surface area contributed by atoms with Crippen LogP contribution in [0.1, 0.15) is 24.0 Å². The first-order valence-electron chi connectivity index (χ1n) is 5.50. The van der Waals surface area contributed by atoms with Crippen molar-refractivity contribution in [2.45, 2.75) is 38.6 Å². The Labute approximate surface area is 91.2 Å². The van der Waals surface area contributed by atoms with Crippen molar-refractivity contribution in [3.05, 3.63) is 35.4 Å².